The van der Waals surface area contributed by atoms with Crippen LogP contribution in [0.15, 0.2) is 24.3 Å². The van der Waals surface area contributed by atoms with E-state index in [0.29, 0.717) is 5.56 Å². The van der Waals surface area contributed by atoms with Crippen molar-refractivity contribution in [3.8, 4) is 0 Å². The maximum Gasteiger partial charge on any atom is 0.168 e. The van der Waals surface area contributed by atoms with Crippen LogP contribution in [0.1, 0.15) is 31.1 Å². The Kier molecular flexibility index (Phi) is 4.38. The first-order valence-corrected chi connectivity index (χ1v) is 7.83. The van der Waals surface area contributed by atoms with Crippen molar-refractivity contribution in [2.75, 3.05) is 5.75 Å². The average Bonchev–Trinajstić information content (AvgIpc) is 2.28. The Morgan fingerprint density at radius 3 is 2.41 bits per heavy atom. The molecule has 0 saturated heterocycles. The maximum atomic E-state index is 11.9. The number of aliphatic hydroxyl groups excluding tert-OH is 1. The van der Waals surface area contributed by atoms with Crippen LogP contribution in [-0.4, -0.2) is 22.9 Å². The minimum Gasteiger partial charge on any atom is -0.386 e. The number of hydrogen-bond donors (Lipinski definition) is 1. The quantitative estimate of drug-likeness (QED) is 0.867. The van der Waals surface area contributed by atoms with Crippen LogP contribution in [0.3, 0.4) is 0 Å². The third kappa shape index (κ3) is 2.72. The van der Waals surface area contributed by atoms with Gasteiger partial charge in [-0.05, 0) is 25.0 Å². The van der Waals surface area contributed by atoms with E-state index in [9.17, 15) is 13.5 Å². The molecule has 0 aliphatic heterocycles. The van der Waals surface area contributed by atoms with Gasteiger partial charge in [-0.15, -0.1) is 0 Å². The molecule has 0 aliphatic carbocycles. The first kappa shape index (κ1) is 14.7. The van der Waals surface area contributed by atoms with E-state index < -0.39 is 19.6 Å². The molecule has 1 aromatic carbocycles. The van der Waals surface area contributed by atoms with Crippen LogP contribution < -0.4 is 0 Å². The predicted molar refractivity (Wildman–Crippen MR) is 72.9 cm³/mol. The Morgan fingerprint density at radius 2 is 1.94 bits per heavy atom. The van der Waals surface area contributed by atoms with Crippen molar-refractivity contribution in [3.05, 3.63) is 35.4 Å². The van der Waals surface area contributed by atoms with E-state index in [2.05, 4.69) is 15.9 Å². The molecule has 1 rings (SSSR count). The normalized spacial score (nSPS) is 17.5. The van der Waals surface area contributed by atoms with Crippen LogP contribution in [0.4, 0.5) is 0 Å². The van der Waals surface area contributed by atoms with Gasteiger partial charge in [0.25, 0.3) is 0 Å². The average molecular weight is 321 g/mol. The van der Waals surface area contributed by atoms with Gasteiger partial charge < -0.3 is 5.11 Å². The zero-order valence-electron chi connectivity index (χ0n) is 10.1. The molecule has 3 nitrogen and oxygen atoms in total. The molecule has 0 radical (unpaired) electrons. The van der Waals surface area contributed by atoms with Gasteiger partial charge in [0.15, 0.2) is 13.5 Å². The molecule has 0 fully saturated rings. The van der Waals surface area contributed by atoms with Gasteiger partial charge >= 0.3 is 0 Å². The summed E-state index contributed by atoms with van der Waals surface area (Å²) < 4.78 is 22.5. The zero-order valence-corrected chi connectivity index (χ0v) is 12.5. The highest BCUT2D eigenvalue weighted by molar-refractivity contribution is 9.11. The Balaban J connectivity index is 3.23. The van der Waals surface area contributed by atoms with Crippen molar-refractivity contribution < 1.29 is 13.5 Å². The van der Waals surface area contributed by atoms with Crippen LogP contribution in [0.5, 0.6) is 0 Å². The standard InChI is InChI=1S/C12H17BrO3S/c1-4-17(15,16)12(3,13)11(14)10-8-6-5-7-9(10)2/h5-8,11,14H,4H2,1-3H3/t11-,12-/m0/s1. The van der Waals surface area contributed by atoms with Gasteiger partial charge in [-0.25, -0.2) is 8.42 Å². The molecule has 0 amide bonds. The number of aryl methyl sites for hydroxylation is 1. The lowest BCUT2D eigenvalue weighted by atomic mass is 10.0. The van der Waals surface area contributed by atoms with E-state index in [4.69, 9.17) is 0 Å². The molecule has 96 valence electrons. The summed E-state index contributed by atoms with van der Waals surface area (Å²) in [6, 6.07) is 7.23. The highest BCUT2D eigenvalue weighted by Crippen LogP contribution is 2.39. The summed E-state index contributed by atoms with van der Waals surface area (Å²) in [5.41, 5.74) is 1.50. The number of benzene rings is 1. The lowest BCUT2D eigenvalue weighted by Gasteiger charge is -2.29. The first-order chi connectivity index (χ1) is 7.74. The Bertz CT molecular complexity index is 494. The Labute approximate surface area is 111 Å². The smallest absolute Gasteiger partial charge is 0.168 e. The van der Waals surface area contributed by atoms with Crippen molar-refractivity contribution in [1.29, 1.82) is 0 Å². The molecule has 0 bridgehead atoms. The highest BCUT2D eigenvalue weighted by atomic mass is 79.9. The molecule has 0 spiro atoms. The highest BCUT2D eigenvalue weighted by Gasteiger charge is 2.43. The number of aliphatic hydroxyl groups is 1. The van der Waals surface area contributed by atoms with Gasteiger partial charge in [0.1, 0.15) is 6.10 Å². The second-order valence-electron chi connectivity index (χ2n) is 4.15. The van der Waals surface area contributed by atoms with Crippen LogP contribution >= 0.6 is 15.9 Å². The SMILES string of the molecule is CCS(=O)(=O)[C@](C)(Br)[C@@H](O)c1ccccc1C. The van der Waals surface area contributed by atoms with Crippen LogP contribution in [0, 0.1) is 6.92 Å². The van der Waals surface area contributed by atoms with Crippen molar-refractivity contribution in [1.82, 2.24) is 0 Å². The lowest BCUT2D eigenvalue weighted by Crippen LogP contribution is -2.37. The topological polar surface area (TPSA) is 54.4 Å². The van der Waals surface area contributed by atoms with Gasteiger partial charge in [-0.1, -0.05) is 47.1 Å². The fourth-order valence-corrected chi connectivity index (χ4v) is 3.59. The van der Waals surface area contributed by atoms with E-state index in [-0.39, 0.29) is 5.75 Å². The number of sulfone groups is 1. The second-order valence-corrected chi connectivity index (χ2v) is 8.98. The van der Waals surface area contributed by atoms with Crippen molar-refractivity contribution >= 4 is 25.8 Å². The van der Waals surface area contributed by atoms with Crippen molar-refractivity contribution in [2.45, 2.75) is 30.5 Å². The van der Waals surface area contributed by atoms with E-state index in [1.54, 1.807) is 19.1 Å². The molecule has 0 aromatic heterocycles. The number of rotatable bonds is 4. The number of alkyl halides is 1. The second kappa shape index (κ2) is 5.08. The van der Waals surface area contributed by atoms with Gasteiger partial charge in [0, 0.05) is 5.75 Å². The molecular weight excluding hydrogens is 304 g/mol. The summed E-state index contributed by atoms with van der Waals surface area (Å²) in [4.78, 5) is 0. The summed E-state index contributed by atoms with van der Waals surface area (Å²) in [5.74, 6) is -0.0162. The van der Waals surface area contributed by atoms with Gasteiger partial charge in [0.05, 0.1) is 0 Å². The molecule has 0 aliphatic rings. The van der Waals surface area contributed by atoms with Crippen LogP contribution in [0.2, 0.25) is 0 Å². The molecular formula is C12H17BrO3S. The molecule has 17 heavy (non-hydrogen) atoms. The molecule has 1 aromatic rings. The predicted octanol–water partition coefficient (Wildman–Crippen LogP) is 2.57. The fourth-order valence-electron chi connectivity index (χ4n) is 1.62. The maximum absolute atomic E-state index is 11.9. The van der Waals surface area contributed by atoms with E-state index in [1.165, 1.54) is 6.92 Å². The lowest BCUT2D eigenvalue weighted by molar-refractivity contribution is 0.167. The molecule has 0 saturated carbocycles. The zero-order chi connectivity index (χ0) is 13.3. The van der Waals surface area contributed by atoms with Crippen molar-refractivity contribution in [3.63, 3.8) is 0 Å². The van der Waals surface area contributed by atoms with Crippen molar-refractivity contribution in [2.24, 2.45) is 0 Å². The van der Waals surface area contributed by atoms with Gasteiger partial charge in [0.2, 0.25) is 0 Å². The first-order valence-electron chi connectivity index (χ1n) is 5.39. The van der Waals surface area contributed by atoms with Gasteiger partial charge in [-0.2, -0.15) is 0 Å². The van der Waals surface area contributed by atoms with E-state index >= 15 is 0 Å². The third-order valence-electron chi connectivity index (χ3n) is 2.96. The monoisotopic (exact) mass is 320 g/mol. The number of hydrogen-bond acceptors (Lipinski definition) is 3. The van der Waals surface area contributed by atoms with Crippen LogP contribution in [-0.2, 0) is 9.84 Å². The van der Waals surface area contributed by atoms with Crippen LogP contribution in [0.25, 0.3) is 0 Å². The molecule has 5 heteroatoms. The van der Waals surface area contributed by atoms with Gasteiger partial charge in [-0.3, -0.25) is 0 Å². The molecule has 0 unspecified atom stereocenters. The minimum absolute atomic E-state index is 0.0162. The fraction of sp³-hybridized carbons (Fsp3) is 0.500. The molecule has 1 N–H and O–H groups in total. The van der Waals surface area contributed by atoms with E-state index in [1.807, 2.05) is 19.1 Å². The summed E-state index contributed by atoms with van der Waals surface area (Å²) >= 11 is 3.16. The summed E-state index contributed by atoms with van der Waals surface area (Å²) in [6.07, 6.45) is -1.09. The Morgan fingerprint density at radius 1 is 1.41 bits per heavy atom. The summed E-state index contributed by atoms with van der Waals surface area (Å²) in [6.45, 7) is 4.91. The largest absolute Gasteiger partial charge is 0.386 e. The summed E-state index contributed by atoms with van der Waals surface area (Å²) in [5, 5.41) is 10.3. The Hall–Kier alpha value is -0.390. The summed E-state index contributed by atoms with van der Waals surface area (Å²) in [7, 11) is -3.40. The minimum atomic E-state index is -3.40. The third-order valence-corrected chi connectivity index (χ3v) is 7.07. The van der Waals surface area contributed by atoms with E-state index in [0.717, 1.165) is 5.56 Å². The molecule has 2 atom stereocenters. The molecule has 0 heterocycles. The number of halogens is 1.